The third-order valence-corrected chi connectivity index (χ3v) is 3.15. The number of urea groups is 1. The number of aliphatic carboxylic acids is 1. The first-order valence-corrected chi connectivity index (χ1v) is 6.89. The number of carboxylic acid groups (broad SMARTS) is 1. The van der Waals surface area contributed by atoms with Crippen LogP contribution in [-0.4, -0.2) is 54.4 Å². The van der Waals surface area contributed by atoms with Crippen LogP contribution in [0.3, 0.4) is 0 Å². The molecule has 1 unspecified atom stereocenters. The average Bonchev–Trinajstić information content (AvgIpc) is 3.18. The number of hydrogen-bond donors (Lipinski definition) is 2. The quantitative estimate of drug-likeness (QED) is 0.623. The van der Waals surface area contributed by atoms with Gasteiger partial charge in [-0.1, -0.05) is 6.92 Å². The van der Waals surface area contributed by atoms with Crippen molar-refractivity contribution < 1.29 is 19.4 Å². The van der Waals surface area contributed by atoms with Crippen molar-refractivity contribution in [1.29, 1.82) is 0 Å². The van der Waals surface area contributed by atoms with E-state index in [4.69, 9.17) is 9.84 Å². The summed E-state index contributed by atoms with van der Waals surface area (Å²) in [6.07, 6.45) is 3.93. The van der Waals surface area contributed by atoms with Gasteiger partial charge >= 0.3 is 12.0 Å². The Balaban J connectivity index is 2.46. The van der Waals surface area contributed by atoms with Crippen molar-refractivity contribution in [1.82, 2.24) is 10.2 Å². The van der Waals surface area contributed by atoms with E-state index in [-0.39, 0.29) is 6.03 Å². The molecule has 110 valence electrons. The number of rotatable bonds is 9. The second-order valence-electron chi connectivity index (χ2n) is 4.90. The molecule has 0 aromatic carbocycles. The molecule has 0 heterocycles. The molecule has 6 nitrogen and oxygen atoms in total. The summed E-state index contributed by atoms with van der Waals surface area (Å²) in [5.74, 6) is -0.989. The molecule has 0 radical (unpaired) electrons. The first-order valence-electron chi connectivity index (χ1n) is 6.89. The Morgan fingerprint density at radius 1 is 1.47 bits per heavy atom. The highest BCUT2D eigenvalue weighted by Crippen LogP contribution is 2.27. The molecule has 0 aliphatic heterocycles. The first-order chi connectivity index (χ1) is 9.10. The minimum Gasteiger partial charge on any atom is -0.480 e. The molecule has 1 atom stereocenters. The predicted molar refractivity (Wildman–Crippen MR) is 71.1 cm³/mol. The van der Waals surface area contributed by atoms with Gasteiger partial charge in [0, 0.05) is 26.3 Å². The zero-order valence-electron chi connectivity index (χ0n) is 11.7. The minimum absolute atomic E-state index is 0.255. The van der Waals surface area contributed by atoms with Gasteiger partial charge in [0.25, 0.3) is 0 Å². The molecule has 2 N–H and O–H groups in total. The van der Waals surface area contributed by atoms with E-state index in [0.717, 1.165) is 19.3 Å². The molecule has 2 amide bonds. The Hall–Kier alpha value is -1.30. The molecule has 0 aromatic heterocycles. The molecule has 0 spiro atoms. The van der Waals surface area contributed by atoms with Crippen LogP contribution in [0.15, 0.2) is 0 Å². The fraction of sp³-hybridized carbons (Fsp3) is 0.846. The number of nitrogens with zero attached hydrogens (tertiary/aromatic N) is 1. The Labute approximate surface area is 114 Å². The number of nitrogens with one attached hydrogen (secondary N) is 1. The van der Waals surface area contributed by atoms with Crippen LogP contribution in [0, 0.1) is 0 Å². The molecule has 1 aliphatic rings. The summed E-state index contributed by atoms with van der Waals surface area (Å²) in [7, 11) is 1.57. The summed E-state index contributed by atoms with van der Waals surface area (Å²) in [5.41, 5.74) is 0. The molecular formula is C13H24N2O4. The monoisotopic (exact) mass is 272 g/mol. The van der Waals surface area contributed by atoms with Gasteiger partial charge in [0.1, 0.15) is 6.04 Å². The van der Waals surface area contributed by atoms with Crippen LogP contribution in [0.1, 0.15) is 39.0 Å². The normalized spacial score (nSPS) is 15.9. The van der Waals surface area contributed by atoms with Crippen molar-refractivity contribution in [3.63, 3.8) is 0 Å². The summed E-state index contributed by atoms with van der Waals surface area (Å²) < 4.78 is 4.90. The van der Waals surface area contributed by atoms with Crippen LogP contribution in [0.2, 0.25) is 0 Å². The molecule has 0 aromatic rings. The maximum atomic E-state index is 12.1. The van der Waals surface area contributed by atoms with Gasteiger partial charge in [-0.3, -0.25) is 0 Å². The van der Waals surface area contributed by atoms with Gasteiger partial charge in [0.2, 0.25) is 0 Å². The lowest BCUT2D eigenvalue weighted by Crippen LogP contribution is -2.49. The Morgan fingerprint density at radius 3 is 2.63 bits per heavy atom. The van der Waals surface area contributed by atoms with Crippen LogP contribution in [-0.2, 0) is 9.53 Å². The lowest BCUT2D eigenvalue weighted by atomic mass is 10.1. The SMILES string of the molecule is CCCN(C(=O)NC(CCCOC)C(=O)O)C1CC1. The van der Waals surface area contributed by atoms with E-state index in [9.17, 15) is 9.59 Å². The Kier molecular flexibility index (Phi) is 6.62. The number of hydrogen-bond acceptors (Lipinski definition) is 3. The molecule has 19 heavy (non-hydrogen) atoms. The largest absolute Gasteiger partial charge is 0.480 e. The van der Waals surface area contributed by atoms with E-state index >= 15 is 0 Å². The summed E-state index contributed by atoms with van der Waals surface area (Å²) in [6.45, 7) is 3.19. The highest BCUT2D eigenvalue weighted by atomic mass is 16.5. The van der Waals surface area contributed by atoms with Crippen molar-refractivity contribution in [3.8, 4) is 0 Å². The predicted octanol–water partition coefficient (Wildman–Crippen LogP) is 1.45. The van der Waals surface area contributed by atoms with Gasteiger partial charge in [-0.05, 0) is 32.1 Å². The van der Waals surface area contributed by atoms with Crippen molar-refractivity contribution in [2.75, 3.05) is 20.3 Å². The van der Waals surface area contributed by atoms with E-state index in [1.807, 2.05) is 6.92 Å². The van der Waals surface area contributed by atoms with Gasteiger partial charge in [0.15, 0.2) is 0 Å². The summed E-state index contributed by atoms with van der Waals surface area (Å²) in [6, 6.07) is -0.789. The van der Waals surface area contributed by atoms with Crippen molar-refractivity contribution in [2.45, 2.75) is 51.1 Å². The maximum Gasteiger partial charge on any atom is 0.326 e. The molecule has 6 heteroatoms. The lowest BCUT2D eigenvalue weighted by Gasteiger charge is -2.24. The third kappa shape index (κ3) is 5.46. The van der Waals surface area contributed by atoms with Crippen LogP contribution in [0.4, 0.5) is 4.79 Å². The zero-order chi connectivity index (χ0) is 14.3. The number of amides is 2. The van der Waals surface area contributed by atoms with Gasteiger partial charge in [-0.25, -0.2) is 9.59 Å². The van der Waals surface area contributed by atoms with Crippen LogP contribution < -0.4 is 5.32 Å². The third-order valence-electron chi connectivity index (χ3n) is 3.15. The van der Waals surface area contributed by atoms with Crippen LogP contribution in [0.5, 0.6) is 0 Å². The lowest BCUT2D eigenvalue weighted by molar-refractivity contribution is -0.139. The Bertz CT molecular complexity index is 305. The minimum atomic E-state index is -0.989. The van der Waals surface area contributed by atoms with Gasteiger partial charge in [-0.2, -0.15) is 0 Å². The maximum absolute atomic E-state index is 12.1. The fourth-order valence-corrected chi connectivity index (χ4v) is 2.00. The van der Waals surface area contributed by atoms with E-state index in [2.05, 4.69) is 5.32 Å². The number of carboxylic acids is 1. The van der Waals surface area contributed by atoms with Gasteiger partial charge < -0.3 is 20.1 Å². The number of methoxy groups -OCH3 is 1. The molecular weight excluding hydrogens is 248 g/mol. The summed E-state index contributed by atoms with van der Waals surface area (Å²) in [5, 5.41) is 11.7. The zero-order valence-corrected chi connectivity index (χ0v) is 11.7. The van der Waals surface area contributed by atoms with Gasteiger partial charge in [0.05, 0.1) is 0 Å². The second kappa shape index (κ2) is 7.99. The number of carbonyl (C=O) groups excluding carboxylic acids is 1. The first kappa shape index (κ1) is 15.8. The highest BCUT2D eigenvalue weighted by Gasteiger charge is 2.33. The van der Waals surface area contributed by atoms with Gasteiger partial charge in [-0.15, -0.1) is 0 Å². The number of carbonyl (C=O) groups is 2. The van der Waals surface area contributed by atoms with E-state index in [1.54, 1.807) is 12.0 Å². The molecule has 1 saturated carbocycles. The smallest absolute Gasteiger partial charge is 0.326 e. The average molecular weight is 272 g/mol. The molecule has 1 rings (SSSR count). The van der Waals surface area contributed by atoms with Crippen LogP contribution in [0.25, 0.3) is 0 Å². The summed E-state index contributed by atoms with van der Waals surface area (Å²) in [4.78, 5) is 25.0. The van der Waals surface area contributed by atoms with Crippen molar-refractivity contribution >= 4 is 12.0 Å². The number of ether oxygens (including phenoxy) is 1. The standard InChI is InChI=1S/C13H24N2O4/c1-3-8-15(10-6-7-10)13(18)14-11(12(16)17)5-4-9-19-2/h10-11H,3-9H2,1-2H3,(H,14,18)(H,16,17). The molecule has 1 fully saturated rings. The second-order valence-corrected chi connectivity index (χ2v) is 4.90. The highest BCUT2D eigenvalue weighted by molar-refractivity contribution is 5.82. The van der Waals surface area contributed by atoms with Crippen molar-refractivity contribution in [2.24, 2.45) is 0 Å². The summed E-state index contributed by atoms with van der Waals surface area (Å²) >= 11 is 0. The van der Waals surface area contributed by atoms with E-state index in [1.165, 1.54) is 0 Å². The fourth-order valence-electron chi connectivity index (χ4n) is 2.00. The molecule has 0 saturated heterocycles. The molecule has 0 bridgehead atoms. The van der Waals surface area contributed by atoms with Crippen molar-refractivity contribution in [3.05, 3.63) is 0 Å². The topological polar surface area (TPSA) is 78.9 Å². The Morgan fingerprint density at radius 2 is 2.16 bits per heavy atom. The van der Waals surface area contributed by atoms with E-state index < -0.39 is 12.0 Å². The molecule has 1 aliphatic carbocycles. The van der Waals surface area contributed by atoms with E-state index in [0.29, 0.717) is 32.0 Å². The van der Waals surface area contributed by atoms with Crippen LogP contribution >= 0.6 is 0 Å².